The quantitative estimate of drug-likeness (QED) is 0.744. The Bertz CT molecular complexity index is 378. The topological polar surface area (TPSA) is 55.1 Å². The average molecular weight is 194 g/mol. The highest BCUT2D eigenvalue weighted by Gasteiger charge is 2.07. The van der Waals surface area contributed by atoms with Gasteiger partial charge in [0.05, 0.1) is 5.69 Å². The smallest absolute Gasteiger partial charge is 0.328 e. The fourth-order valence-corrected chi connectivity index (χ4v) is 1.41. The Morgan fingerprint density at radius 2 is 2.21 bits per heavy atom. The zero-order valence-electron chi connectivity index (χ0n) is 8.61. The van der Waals surface area contributed by atoms with E-state index in [1.54, 1.807) is 6.08 Å². The lowest BCUT2D eigenvalue weighted by Crippen LogP contribution is -1.98. The maximum Gasteiger partial charge on any atom is 0.328 e. The third-order valence-corrected chi connectivity index (χ3v) is 2.13. The lowest BCUT2D eigenvalue weighted by Gasteiger charge is -1.97. The Morgan fingerprint density at radius 1 is 1.57 bits per heavy atom. The summed E-state index contributed by atoms with van der Waals surface area (Å²) in [5.41, 5.74) is 2.76. The van der Waals surface area contributed by atoms with E-state index in [1.807, 2.05) is 25.5 Å². The van der Waals surface area contributed by atoms with Crippen molar-refractivity contribution in [3.8, 4) is 0 Å². The average Bonchev–Trinajstić information content (AvgIpc) is 2.39. The summed E-state index contributed by atoms with van der Waals surface area (Å²) in [6.07, 6.45) is 2.73. The first-order valence-electron chi connectivity index (χ1n) is 4.51. The van der Waals surface area contributed by atoms with Crippen LogP contribution in [-0.2, 0) is 11.3 Å². The van der Waals surface area contributed by atoms with Gasteiger partial charge in [-0.1, -0.05) is 0 Å². The predicted molar refractivity (Wildman–Crippen MR) is 54.0 cm³/mol. The molecule has 0 fully saturated rings. The van der Waals surface area contributed by atoms with Gasteiger partial charge in [-0.25, -0.2) is 4.79 Å². The Labute approximate surface area is 82.9 Å². The van der Waals surface area contributed by atoms with Crippen molar-refractivity contribution < 1.29 is 9.90 Å². The summed E-state index contributed by atoms with van der Waals surface area (Å²) in [7, 11) is 0. The van der Waals surface area contributed by atoms with Crippen LogP contribution in [0.5, 0.6) is 0 Å². The number of rotatable bonds is 3. The zero-order chi connectivity index (χ0) is 10.7. The number of aliphatic carboxylic acids is 1. The molecule has 0 aliphatic rings. The van der Waals surface area contributed by atoms with Crippen LogP contribution in [-0.4, -0.2) is 20.9 Å². The normalized spacial score (nSPS) is 11.1. The van der Waals surface area contributed by atoms with E-state index >= 15 is 0 Å². The van der Waals surface area contributed by atoms with Crippen LogP contribution in [0.15, 0.2) is 6.08 Å². The van der Waals surface area contributed by atoms with E-state index in [1.165, 1.54) is 0 Å². The summed E-state index contributed by atoms with van der Waals surface area (Å²) < 4.78 is 1.86. The first-order chi connectivity index (χ1) is 6.56. The molecule has 0 radical (unpaired) electrons. The van der Waals surface area contributed by atoms with E-state index in [0.717, 1.165) is 29.6 Å². The molecule has 1 aromatic heterocycles. The molecule has 0 aliphatic carbocycles. The summed E-state index contributed by atoms with van der Waals surface area (Å²) in [5.74, 6) is -0.937. The first kappa shape index (κ1) is 10.5. The number of hydrogen-bond acceptors (Lipinski definition) is 2. The van der Waals surface area contributed by atoms with Gasteiger partial charge in [-0.3, -0.25) is 4.68 Å². The van der Waals surface area contributed by atoms with Gasteiger partial charge in [0.1, 0.15) is 0 Å². The monoisotopic (exact) mass is 194 g/mol. The highest BCUT2D eigenvalue weighted by molar-refractivity contribution is 5.85. The van der Waals surface area contributed by atoms with Crippen molar-refractivity contribution >= 4 is 12.0 Å². The van der Waals surface area contributed by atoms with E-state index in [4.69, 9.17) is 5.11 Å². The minimum atomic E-state index is -0.937. The minimum absolute atomic E-state index is 0.799. The fraction of sp³-hybridized carbons (Fsp3) is 0.400. The molecular weight excluding hydrogens is 180 g/mol. The summed E-state index contributed by atoms with van der Waals surface area (Å²) >= 11 is 0. The molecule has 76 valence electrons. The molecule has 14 heavy (non-hydrogen) atoms. The van der Waals surface area contributed by atoms with Gasteiger partial charge < -0.3 is 5.11 Å². The third kappa shape index (κ3) is 2.02. The van der Waals surface area contributed by atoms with Crippen LogP contribution in [0.25, 0.3) is 6.08 Å². The summed E-state index contributed by atoms with van der Waals surface area (Å²) in [6, 6.07) is 0. The Balaban J connectivity index is 3.08. The molecule has 1 aromatic rings. The molecule has 0 atom stereocenters. The van der Waals surface area contributed by atoms with Crippen molar-refractivity contribution in [3.05, 3.63) is 23.0 Å². The molecule has 0 saturated carbocycles. The maximum atomic E-state index is 10.4. The molecule has 0 aromatic carbocycles. The van der Waals surface area contributed by atoms with E-state index < -0.39 is 5.97 Å². The molecular formula is C10H14N2O2. The van der Waals surface area contributed by atoms with Crippen LogP contribution in [0, 0.1) is 13.8 Å². The van der Waals surface area contributed by atoms with Gasteiger partial charge in [-0.2, -0.15) is 5.10 Å². The van der Waals surface area contributed by atoms with Crippen molar-refractivity contribution in [1.29, 1.82) is 0 Å². The maximum absolute atomic E-state index is 10.4. The highest BCUT2D eigenvalue weighted by atomic mass is 16.4. The molecule has 4 heteroatoms. The summed E-state index contributed by atoms with van der Waals surface area (Å²) in [4.78, 5) is 10.4. The molecule has 1 rings (SSSR count). The molecule has 1 heterocycles. The second-order valence-corrected chi connectivity index (χ2v) is 3.07. The van der Waals surface area contributed by atoms with E-state index in [2.05, 4.69) is 5.10 Å². The van der Waals surface area contributed by atoms with Crippen molar-refractivity contribution in [2.24, 2.45) is 0 Å². The molecule has 1 N–H and O–H groups in total. The van der Waals surface area contributed by atoms with E-state index in [-0.39, 0.29) is 0 Å². The van der Waals surface area contributed by atoms with E-state index in [9.17, 15) is 4.79 Å². The standard InChI is InChI=1S/C10H14N2O2/c1-4-12-8(3)9(7(2)11-12)5-6-10(13)14/h5-6H,4H2,1-3H3,(H,13,14)/b6-5-. The van der Waals surface area contributed by atoms with Crippen LogP contribution >= 0.6 is 0 Å². The van der Waals surface area contributed by atoms with Crippen LogP contribution in [0.2, 0.25) is 0 Å². The molecule has 0 aliphatic heterocycles. The Kier molecular flexibility index (Phi) is 3.06. The van der Waals surface area contributed by atoms with Gasteiger partial charge in [0.15, 0.2) is 0 Å². The summed E-state index contributed by atoms with van der Waals surface area (Å²) in [6.45, 7) is 6.61. The van der Waals surface area contributed by atoms with Gasteiger partial charge >= 0.3 is 5.97 Å². The SMILES string of the molecule is CCn1nc(C)c(/C=C\C(=O)O)c1C. The van der Waals surface area contributed by atoms with Gasteiger partial charge in [0.2, 0.25) is 0 Å². The molecule has 0 unspecified atom stereocenters. The second-order valence-electron chi connectivity index (χ2n) is 3.07. The molecule has 0 amide bonds. The first-order valence-corrected chi connectivity index (χ1v) is 4.51. The second kappa shape index (κ2) is 4.09. The van der Waals surface area contributed by atoms with Crippen LogP contribution in [0.4, 0.5) is 0 Å². The zero-order valence-corrected chi connectivity index (χ0v) is 8.61. The fourth-order valence-electron chi connectivity index (χ4n) is 1.41. The predicted octanol–water partition coefficient (Wildman–Crippen LogP) is 1.62. The number of carboxylic acid groups (broad SMARTS) is 1. The lowest BCUT2D eigenvalue weighted by molar-refractivity contribution is -0.131. The Hall–Kier alpha value is -1.58. The van der Waals surface area contributed by atoms with Gasteiger partial charge in [0.25, 0.3) is 0 Å². The van der Waals surface area contributed by atoms with Crippen molar-refractivity contribution in [3.63, 3.8) is 0 Å². The number of aromatic nitrogens is 2. The Morgan fingerprint density at radius 3 is 2.64 bits per heavy atom. The van der Waals surface area contributed by atoms with Gasteiger partial charge in [-0.15, -0.1) is 0 Å². The van der Waals surface area contributed by atoms with E-state index in [0.29, 0.717) is 0 Å². The largest absolute Gasteiger partial charge is 0.478 e. The highest BCUT2D eigenvalue weighted by Crippen LogP contribution is 2.14. The van der Waals surface area contributed by atoms with Crippen LogP contribution in [0.1, 0.15) is 23.9 Å². The van der Waals surface area contributed by atoms with Crippen molar-refractivity contribution in [1.82, 2.24) is 9.78 Å². The van der Waals surface area contributed by atoms with Crippen molar-refractivity contribution in [2.75, 3.05) is 0 Å². The van der Waals surface area contributed by atoms with Crippen LogP contribution in [0.3, 0.4) is 0 Å². The number of aryl methyl sites for hydroxylation is 2. The molecule has 4 nitrogen and oxygen atoms in total. The summed E-state index contributed by atoms with van der Waals surface area (Å²) in [5, 5.41) is 12.8. The molecule has 0 bridgehead atoms. The van der Waals surface area contributed by atoms with Gasteiger partial charge in [-0.05, 0) is 26.8 Å². The van der Waals surface area contributed by atoms with Crippen molar-refractivity contribution in [2.45, 2.75) is 27.3 Å². The number of carboxylic acids is 1. The number of nitrogens with zero attached hydrogens (tertiary/aromatic N) is 2. The van der Waals surface area contributed by atoms with Gasteiger partial charge in [0, 0.05) is 23.9 Å². The lowest BCUT2D eigenvalue weighted by atomic mass is 10.2. The third-order valence-electron chi connectivity index (χ3n) is 2.13. The molecule has 0 spiro atoms. The minimum Gasteiger partial charge on any atom is -0.478 e. The number of hydrogen-bond donors (Lipinski definition) is 1. The molecule has 0 saturated heterocycles. The number of carbonyl (C=O) groups is 1. The van der Waals surface area contributed by atoms with Crippen LogP contribution < -0.4 is 0 Å².